The van der Waals surface area contributed by atoms with Gasteiger partial charge in [0.1, 0.15) is 0 Å². The molecule has 1 N–H and O–H groups in total. The molecule has 2 aliphatic rings. The van der Waals surface area contributed by atoms with Gasteiger partial charge in [-0.05, 0) is 72.7 Å². The molecule has 1 aliphatic heterocycles. The van der Waals surface area contributed by atoms with E-state index in [9.17, 15) is 4.79 Å². The first-order chi connectivity index (χ1) is 11.7. The summed E-state index contributed by atoms with van der Waals surface area (Å²) >= 11 is 1.80. The molecule has 0 saturated carbocycles. The van der Waals surface area contributed by atoms with E-state index in [1.807, 2.05) is 4.90 Å². The number of nitrogens with zero attached hydrogens (tertiary/aromatic N) is 1. The molecule has 1 atom stereocenters. The lowest BCUT2D eigenvalue weighted by molar-refractivity contribution is 0.189. The maximum absolute atomic E-state index is 12.6. The molecule has 1 aromatic carbocycles. The quantitative estimate of drug-likeness (QED) is 0.860. The van der Waals surface area contributed by atoms with Crippen LogP contribution in [0.2, 0.25) is 0 Å². The SMILES string of the molecule is CC(NC(=O)N1CCc2sccc2C1)c1ccc2c(c1)CCCC2. The summed E-state index contributed by atoms with van der Waals surface area (Å²) < 4.78 is 0. The number of hydrogen-bond acceptors (Lipinski definition) is 2. The molecule has 2 aromatic rings. The molecule has 3 nitrogen and oxygen atoms in total. The van der Waals surface area contributed by atoms with Crippen LogP contribution in [0.3, 0.4) is 0 Å². The smallest absolute Gasteiger partial charge is 0.318 e. The molecule has 1 unspecified atom stereocenters. The first-order valence-electron chi connectivity index (χ1n) is 8.93. The second-order valence-electron chi connectivity index (χ2n) is 6.95. The molecule has 0 fully saturated rings. The van der Waals surface area contributed by atoms with Gasteiger partial charge in [0.05, 0.1) is 6.04 Å². The summed E-state index contributed by atoms with van der Waals surface area (Å²) in [6.07, 6.45) is 5.95. The summed E-state index contributed by atoms with van der Waals surface area (Å²) in [5.74, 6) is 0. The van der Waals surface area contributed by atoms with Crippen LogP contribution in [0.5, 0.6) is 0 Å². The number of fused-ring (bicyclic) bond motifs is 2. The van der Waals surface area contributed by atoms with Gasteiger partial charge in [0.15, 0.2) is 0 Å². The van der Waals surface area contributed by atoms with Gasteiger partial charge in [-0.2, -0.15) is 0 Å². The van der Waals surface area contributed by atoms with Crippen LogP contribution in [0.1, 0.15) is 52.9 Å². The first-order valence-corrected chi connectivity index (χ1v) is 9.81. The van der Waals surface area contributed by atoms with Crippen LogP contribution < -0.4 is 5.32 Å². The molecular weight excluding hydrogens is 316 g/mol. The minimum Gasteiger partial charge on any atom is -0.331 e. The molecule has 126 valence electrons. The average molecular weight is 340 g/mol. The Morgan fingerprint density at radius 1 is 1.12 bits per heavy atom. The van der Waals surface area contributed by atoms with E-state index in [2.05, 4.69) is 41.9 Å². The highest BCUT2D eigenvalue weighted by molar-refractivity contribution is 7.10. The number of rotatable bonds is 2. The van der Waals surface area contributed by atoms with Crippen LogP contribution in [-0.4, -0.2) is 17.5 Å². The fourth-order valence-corrected chi connectivity index (χ4v) is 4.69. The molecule has 2 heterocycles. The molecule has 1 aliphatic carbocycles. The third kappa shape index (κ3) is 3.07. The molecule has 4 heteroatoms. The lowest BCUT2D eigenvalue weighted by Gasteiger charge is -2.29. The normalized spacial score (nSPS) is 17.8. The maximum Gasteiger partial charge on any atom is 0.318 e. The third-order valence-corrected chi connectivity index (χ3v) is 6.33. The topological polar surface area (TPSA) is 32.3 Å². The molecule has 0 saturated heterocycles. The molecule has 0 bridgehead atoms. The van der Waals surface area contributed by atoms with Gasteiger partial charge in [0, 0.05) is 18.0 Å². The highest BCUT2D eigenvalue weighted by Crippen LogP contribution is 2.26. The Labute approximate surface area is 147 Å². The van der Waals surface area contributed by atoms with Crippen LogP contribution in [0.25, 0.3) is 0 Å². The van der Waals surface area contributed by atoms with Crippen LogP contribution in [0.15, 0.2) is 29.6 Å². The van der Waals surface area contributed by atoms with Gasteiger partial charge < -0.3 is 10.2 Å². The maximum atomic E-state index is 12.6. The number of carbonyl (C=O) groups excluding carboxylic acids is 1. The summed E-state index contributed by atoms with van der Waals surface area (Å²) in [5, 5.41) is 5.31. The molecule has 24 heavy (non-hydrogen) atoms. The molecule has 0 spiro atoms. The van der Waals surface area contributed by atoms with E-state index in [0.29, 0.717) is 0 Å². The van der Waals surface area contributed by atoms with Crippen molar-refractivity contribution in [2.24, 2.45) is 0 Å². The van der Waals surface area contributed by atoms with E-state index < -0.39 is 0 Å². The fourth-order valence-electron chi connectivity index (χ4n) is 3.80. The number of amides is 2. The highest BCUT2D eigenvalue weighted by Gasteiger charge is 2.23. The monoisotopic (exact) mass is 340 g/mol. The van der Waals surface area contributed by atoms with Crippen LogP contribution in [0, 0.1) is 0 Å². The minimum atomic E-state index is 0.0496. The molecule has 2 amide bonds. The van der Waals surface area contributed by atoms with Crippen molar-refractivity contribution in [2.75, 3.05) is 6.54 Å². The number of aryl methyl sites for hydroxylation is 2. The molecule has 4 rings (SSSR count). The van der Waals surface area contributed by atoms with Gasteiger partial charge in [0.2, 0.25) is 0 Å². The predicted molar refractivity (Wildman–Crippen MR) is 98.5 cm³/mol. The Bertz CT molecular complexity index is 752. The van der Waals surface area contributed by atoms with Crippen molar-refractivity contribution in [3.63, 3.8) is 0 Å². The summed E-state index contributed by atoms with van der Waals surface area (Å²) in [7, 11) is 0. The van der Waals surface area contributed by atoms with Crippen molar-refractivity contribution in [1.82, 2.24) is 10.2 Å². The average Bonchev–Trinajstić information content (AvgIpc) is 3.08. The van der Waals surface area contributed by atoms with E-state index >= 15 is 0 Å². The number of nitrogens with one attached hydrogen (secondary N) is 1. The second-order valence-corrected chi connectivity index (χ2v) is 7.95. The number of hydrogen-bond donors (Lipinski definition) is 1. The summed E-state index contributed by atoms with van der Waals surface area (Å²) in [6.45, 7) is 3.64. The van der Waals surface area contributed by atoms with Crippen molar-refractivity contribution >= 4 is 17.4 Å². The van der Waals surface area contributed by atoms with Gasteiger partial charge in [-0.3, -0.25) is 0 Å². The van der Waals surface area contributed by atoms with Crippen molar-refractivity contribution in [2.45, 2.75) is 51.6 Å². The van der Waals surface area contributed by atoms with Crippen molar-refractivity contribution in [1.29, 1.82) is 0 Å². The van der Waals surface area contributed by atoms with Gasteiger partial charge >= 0.3 is 6.03 Å². The van der Waals surface area contributed by atoms with Crippen molar-refractivity contribution < 1.29 is 4.79 Å². The van der Waals surface area contributed by atoms with Gasteiger partial charge in [-0.1, -0.05) is 18.2 Å². The number of benzene rings is 1. The second kappa shape index (κ2) is 6.60. The molecule has 1 aromatic heterocycles. The van der Waals surface area contributed by atoms with Crippen LogP contribution in [0.4, 0.5) is 4.79 Å². The van der Waals surface area contributed by atoms with E-state index in [1.54, 1.807) is 11.3 Å². The number of urea groups is 1. The highest BCUT2D eigenvalue weighted by atomic mass is 32.1. The van der Waals surface area contributed by atoms with E-state index in [4.69, 9.17) is 0 Å². The van der Waals surface area contributed by atoms with Crippen LogP contribution in [-0.2, 0) is 25.8 Å². The zero-order valence-corrected chi connectivity index (χ0v) is 15.0. The summed E-state index contributed by atoms with van der Waals surface area (Å²) in [5.41, 5.74) is 5.49. The largest absolute Gasteiger partial charge is 0.331 e. The zero-order chi connectivity index (χ0) is 16.5. The van der Waals surface area contributed by atoms with Gasteiger partial charge in [-0.15, -0.1) is 11.3 Å². The Morgan fingerprint density at radius 3 is 2.83 bits per heavy atom. The van der Waals surface area contributed by atoms with E-state index in [1.165, 1.54) is 52.8 Å². The van der Waals surface area contributed by atoms with Crippen molar-refractivity contribution in [3.8, 4) is 0 Å². The Kier molecular flexibility index (Phi) is 4.31. The predicted octanol–water partition coefficient (Wildman–Crippen LogP) is 4.46. The lowest BCUT2D eigenvalue weighted by Crippen LogP contribution is -2.43. The fraction of sp³-hybridized carbons (Fsp3) is 0.450. The zero-order valence-electron chi connectivity index (χ0n) is 14.2. The summed E-state index contributed by atoms with van der Waals surface area (Å²) in [4.78, 5) is 16.0. The molecular formula is C20H24N2OS. The van der Waals surface area contributed by atoms with E-state index in [-0.39, 0.29) is 12.1 Å². The van der Waals surface area contributed by atoms with Crippen molar-refractivity contribution in [3.05, 3.63) is 56.8 Å². The lowest BCUT2D eigenvalue weighted by atomic mass is 9.89. The van der Waals surface area contributed by atoms with E-state index in [0.717, 1.165) is 19.5 Å². The van der Waals surface area contributed by atoms with Crippen LogP contribution >= 0.6 is 11.3 Å². The standard InChI is InChI=1S/C20H24N2OS/c1-14(16-7-6-15-4-2-3-5-17(15)12-16)21-20(23)22-10-8-19-18(13-22)9-11-24-19/h6-7,9,11-12,14H,2-5,8,10,13H2,1H3,(H,21,23). The minimum absolute atomic E-state index is 0.0496. The molecule has 0 radical (unpaired) electrons. The number of carbonyl (C=O) groups is 1. The Hall–Kier alpha value is -1.81. The van der Waals surface area contributed by atoms with Gasteiger partial charge in [0.25, 0.3) is 0 Å². The Morgan fingerprint density at radius 2 is 1.96 bits per heavy atom. The summed E-state index contributed by atoms with van der Waals surface area (Å²) in [6, 6.07) is 8.98. The third-order valence-electron chi connectivity index (χ3n) is 5.31. The van der Waals surface area contributed by atoms with Gasteiger partial charge in [-0.25, -0.2) is 4.79 Å². The first kappa shape index (κ1) is 15.7. The number of thiophene rings is 1. The Balaban J connectivity index is 1.42.